The van der Waals surface area contributed by atoms with Gasteiger partial charge in [-0.1, -0.05) is 19.9 Å². The number of carbonyl (C=O) groups is 2. The van der Waals surface area contributed by atoms with Gasteiger partial charge in [-0.2, -0.15) is 0 Å². The van der Waals surface area contributed by atoms with Crippen LogP contribution in [-0.4, -0.2) is 37.6 Å². The molecule has 1 aromatic rings. The molecule has 2 amide bonds. The Morgan fingerprint density at radius 1 is 1.38 bits per heavy atom. The number of amides is 2. The Hall–Kier alpha value is -1.79. The SMILES string of the molecule is CCC(N)(CC)CNC(=O)C1CC(=O)N(c2cc(C)ccc2OC)C1.Cl. The van der Waals surface area contributed by atoms with Crippen LogP contribution in [-0.2, 0) is 9.59 Å². The lowest BCUT2D eigenvalue weighted by atomic mass is 9.94. The largest absolute Gasteiger partial charge is 0.495 e. The number of carbonyl (C=O) groups excluding carboxylic acids is 2. The summed E-state index contributed by atoms with van der Waals surface area (Å²) < 4.78 is 5.37. The molecule has 7 heteroatoms. The second-order valence-electron chi connectivity index (χ2n) is 6.87. The van der Waals surface area contributed by atoms with Gasteiger partial charge >= 0.3 is 0 Å². The molecule has 1 atom stereocenters. The molecule has 1 aliphatic heterocycles. The molecule has 0 saturated carbocycles. The zero-order valence-electron chi connectivity index (χ0n) is 16.0. The van der Waals surface area contributed by atoms with Gasteiger partial charge in [-0.05, 0) is 37.5 Å². The standard InChI is InChI=1S/C19H29N3O3.ClH/c1-5-19(20,6-2)12-21-18(24)14-10-17(23)22(11-14)15-9-13(3)7-8-16(15)25-4;/h7-9,14H,5-6,10-12,20H2,1-4H3,(H,21,24);1H. The number of nitrogens with two attached hydrogens (primary N) is 1. The van der Waals surface area contributed by atoms with Crippen molar-refractivity contribution in [1.29, 1.82) is 0 Å². The highest BCUT2D eigenvalue weighted by Crippen LogP contribution is 2.33. The van der Waals surface area contributed by atoms with Gasteiger partial charge in [0, 0.05) is 25.0 Å². The van der Waals surface area contributed by atoms with E-state index in [1.54, 1.807) is 12.0 Å². The third kappa shape index (κ3) is 4.89. The van der Waals surface area contributed by atoms with E-state index in [1.807, 2.05) is 39.0 Å². The molecule has 0 radical (unpaired) electrons. The quantitative estimate of drug-likeness (QED) is 0.757. The van der Waals surface area contributed by atoms with E-state index < -0.39 is 5.54 Å². The molecule has 26 heavy (non-hydrogen) atoms. The Morgan fingerprint density at radius 3 is 2.62 bits per heavy atom. The molecule has 1 aliphatic rings. The summed E-state index contributed by atoms with van der Waals surface area (Å²) in [6, 6.07) is 5.69. The van der Waals surface area contributed by atoms with Crippen LogP contribution in [0.25, 0.3) is 0 Å². The molecule has 1 saturated heterocycles. The van der Waals surface area contributed by atoms with Crippen LogP contribution in [0.15, 0.2) is 18.2 Å². The van der Waals surface area contributed by atoms with Crippen LogP contribution < -0.4 is 20.7 Å². The van der Waals surface area contributed by atoms with E-state index in [0.29, 0.717) is 18.8 Å². The van der Waals surface area contributed by atoms with Gasteiger partial charge in [0.2, 0.25) is 11.8 Å². The van der Waals surface area contributed by atoms with Crippen LogP contribution in [0.4, 0.5) is 5.69 Å². The van der Waals surface area contributed by atoms with E-state index in [0.717, 1.165) is 24.1 Å². The average molecular weight is 384 g/mol. The summed E-state index contributed by atoms with van der Waals surface area (Å²) in [6.07, 6.45) is 1.79. The maximum absolute atomic E-state index is 12.5. The molecule has 1 fully saturated rings. The number of ether oxygens (including phenoxy) is 1. The lowest BCUT2D eigenvalue weighted by Crippen LogP contribution is -2.50. The number of anilines is 1. The maximum Gasteiger partial charge on any atom is 0.227 e. The third-order valence-electron chi connectivity index (χ3n) is 5.14. The van der Waals surface area contributed by atoms with Crippen LogP contribution >= 0.6 is 12.4 Å². The highest BCUT2D eigenvalue weighted by Gasteiger charge is 2.36. The normalized spacial score (nSPS) is 17.0. The predicted octanol–water partition coefficient (Wildman–Crippen LogP) is 2.41. The van der Waals surface area contributed by atoms with Crippen molar-refractivity contribution in [2.24, 2.45) is 11.7 Å². The van der Waals surface area contributed by atoms with Crippen molar-refractivity contribution in [3.05, 3.63) is 23.8 Å². The monoisotopic (exact) mass is 383 g/mol. The lowest BCUT2D eigenvalue weighted by Gasteiger charge is -2.27. The van der Waals surface area contributed by atoms with Crippen LogP contribution in [0.2, 0.25) is 0 Å². The Kier molecular flexibility index (Phi) is 7.90. The number of aryl methyl sites for hydroxylation is 1. The summed E-state index contributed by atoms with van der Waals surface area (Å²) in [5.74, 6) is 0.0990. The van der Waals surface area contributed by atoms with Gasteiger partial charge in [-0.15, -0.1) is 12.4 Å². The van der Waals surface area contributed by atoms with E-state index in [9.17, 15) is 9.59 Å². The fourth-order valence-corrected chi connectivity index (χ4v) is 3.03. The van der Waals surface area contributed by atoms with Crippen molar-refractivity contribution in [2.45, 2.75) is 45.6 Å². The molecule has 0 aromatic heterocycles. The Labute approximate surface area is 161 Å². The highest BCUT2D eigenvalue weighted by atomic mass is 35.5. The predicted molar refractivity (Wildman–Crippen MR) is 106 cm³/mol. The zero-order valence-corrected chi connectivity index (χ0v) is 16.8. The number of halogens is 1. The first-order valence-electron chi connectivity index (χ1n) is 8.85. The van der Waals surface area contributed by atoms with Crippen molar-refractivity contribution >= 4 is 29.9 Å². The smallest absolute Gasteiger partial charge is 0.227 e. The number of hydrogen-bond donors (Lipinski definition) is 2. The third-order valence-corrected chi connectivity index (χ3v) is 5.14. The molecule has 6 nitrogen and oxygen atoms in total. The minimum Gasteiger partial charge on any atom is -0.495 e. The Morgan fingerprint density at radius 2 is 2.04 bits per heavy atom. The molecular weight excluding hydrogens is 354 g/mol. The summed E-state index contributed by atoms with van der Waals surface area (Å²) in [5, 5.41) is 2.93. The molecule has 0 bridgehead atoms. The van der Waals surface area contributed by atoms with Crippen molar-refractivity contribution in [1.82, 2.24) is 5.32 Å². The van der Waals surface area contributed by atoms with E-state index in [1.165, 1.54) is 0 Å². The summed E-state index contributed by atoms with van der Waals surface area (Å²) in [7, 11) is 1.58. The number of nitrogens with one attached hydrogen (secondary N) is 1. The molecule has 1 heterocycles. The van der Waals surface area contributed by atoms with E-state index in [-0.39, 0.29) is 36.6 Å². The number of methoxy groups -OCH3 is 1. The molecule has 2 rings (SSSR count). The number of hydrogen-bond acceptors (Lipinski definition) is 4. The van der Waals surface area contributed by atoms with Crippen molar-refractivity contribution in [3.63, 3.8) is 0 Å². The topological polar surface area (TPSA) is 84.7 Å². The summed E-state index contributed by atoms with van der Waals surface area (Å²) in [4.78, 5) is 26.6. The van der Waals surface area contributed by atoms with E-state index in [2.05, 4.69) is 5.32 Å². The minimum absolute atomic E-state index is 0. The van der Waals surface area contributed by atoms with Crippen molar-refractivity contribution in [2.75, 3.05) is 25.1 Å². The highest BCUT2D eigenvalue weighted by molar-refractivity contribution is 6.01. The molecule has 0 spiro atoms. The van der Waals surface area contributed by atoms with Crippen LogP contribution in [0.5, 0.6) is 5.75 Å². The number of benzene rings is 1. The summed E-state index contributed by atoms with van der Waals surface area (Å²) in [5.41, 5.74) is 7.60. The van der Waals surface area contributed by atoms with E-state index >= 15 is 0 Å². The van der Waals surface area contributed by atoms with Crippen LogP contribution in [0.3, 0.4) is 0 Å². The minimum atomic E-state index is -0.391. The molecule has 0 aliphatic carbocycles. The number of nitrogens with zero attached hydrogens (tertiary/aromatic N) is 1. The zero-order chi connectivity index (χ0) is 18.6. The van der Waals surface area contributed by atoms with E-state index in [4.69, 9.17) is 10.5 Å². The molecule has 3 N–H and O–H groups in total. The molecule has 1 aromatic carbocycles. The first kappa shape index (κ1) is 22.3. The van der Waals surface area contributed by atoms with Gasteiger partial charge in [0.1, 0.15) is 5.75 Å². The van der Waals surface area contributed by atoms with Gasteiger partial charge in [0.05, 0.1) is 18.7 Å². The average Bonchev–Trinajstić information content (AvgIpc) is 3.01. The molecule has 146 valence electrons. The van der Waals surface area contributed by atoms with Crippen molar-refractivity contribution < 1.29 is 14.3 Å². The summed E-state index contributed by atoms with van der Waals surface area (Å²) >= 11 is 0. The second kappa shape index (κ2) is 9.24. The fraction of sp³-hybridized carbons (Fsp3) is 0.579. The van der Waals surface area contributed by atoms with Gasteiger partial charge < -0.3 is 20.7 Å². The lowest BCUT2D eigenvalue weighted by molar-refractivity contribution is -0.126. The van der Waals surface area contributed by atoms with Gasteiger partial charge in [0.25, 0.3) is 0 Å². The van der Waals surface area contributed by atoms with Crippen LogP contribution in [0.1, 0.15) is 38.7 Å². The van der Waals surface area contributed by atoms with Gasteiger partial charge in [-0.25, -0.2) is 0 Å². The first-order chi connectivity index (χ1) is 11.8. The molecular formula is C19H30ClN3O3. The van der Waals surface area contributed by atoms with Crippen LogP contribution in [0, 0.1) is 12.8 Å². The maximum atomic E-state index is 12.5. The number of rotatable bonds is 7. The van der Waals surface area contributed by atoms with Gasteiger partial charge in [0.15, 0.2) is 0 Å². The second-order valence-corrected chi connectivity index (χ2v) is 6.87. The Bertz CT molecular complexity index is 647. The van der Waals surface area contributed by atoms with Gasteiger partial charge in [-0.3, -0.25) is 9.59 Å². The Balaban J connectivity index is 0.00000338. The fourth-order valence-electron chi connectivity index (χ4n) is 3.03. The molecule has 1 unspecified atom stereocenters. The van der Waals surface area contributed by atoms with Crippen molar-refractivity contribution in [3.8, 4) is 5.75 Å². The summed E-state index contributed by atoms with van der Waals surface area (Å²) in [6.45, 7) is 6.78. The first-order valence-corrected chi connectivity index (χ1v) is 8.85.